The molecule has 0 aromatic carbocycles. The maximum atomic E-state index is 11.9. The van der Waals surface area contributed by atoms with Crippen LogP contribution in [0.4, 0.5) is 0 Å². The van der Waals surface area contributed by atoms with Crippen LogP contribution in [-0.4, -0.2) is 32.7 Å². The molecule has 0 saturated carbocycles. The molecule has 1 N–H and O–H groups in total. The third-order valence-electron chi connectivity index (χ3n) is 2.52. The normalized spacial score (nSPS) is 22.9. The van der Waals surface area contributed by atoms with Gasteiger partial charge in [-0.25, -0.2) is 0 Å². The SMILES string of the molecule is Cc1ccc(S(=O)CC2CCCN2)nn1. The Balaban J connectivity index is 1.98. The molecule has 1 aliphatic rings. The Morgan fingerprint density at radius 2 is 2.40 bits per heavy atom. The molecule has 0 radical (unpaired) electrons. The third kappa shape index (κ3) is 2.82. The molecule has 1 fully saturated rings. The van der Waals surface area contributed by atoms with E-state index in [1.54, 1.807) is 6.07 Å². The van der Waals surface area contributed by atoms with E-state index in [0.29, 0.717) is 16.8 Å². The van der Waals surface area contributed by atoms with Crippen molar-refractivity contribution < 1.29 is 4.21 Å². The van der Waals surface area contributed by atoms with Crippen molar-refractivity contribution in [1.82, 2.24) is 15.5 Å². The molecule has 1 saturated heterocycles. The molecule has 2 atom stereocenters. The van der Waals surface area contributed by atoms with Gasteiger partial charge in [0.2, 0.25) is 0 Å². The summed E-state index contributed by atoms with van der Waals surface area (Å²) in [5, 5.41) is 11.8. The molecule has 2 rings (SSSR count). The molecule has 1 aliphatic heterocycles. The Bertz CT molecular complexity index is 346. The van der Waals surface area contributed by atoms with Crippen molar-refractivity contribution in [3.05, 3.63) is 17.8 Å². The summed E-state index contributed by atoms with van der Waals surface area (Å²) in [7, 11) is -1.02. The monoisotopic (exact) mass is 225 g/mol. The summed E-state index contributed by atoms with van der Waals surface area (Å²) >= 11 is 0. The minimum atomic E-state index is -1.02. The largest absolute Gasteiger partial charge is 0.313 e. The van der Waals surface area contributed by atoms with Crippen LogP contribution in [-0.2, 0) is 10.8 Å². The van der Waals surface area contributed by atoms with E-state index < -0.39 is 10.8 Å². The number of hydrogen-bond acceptors (Lipinski definition) is 4. The highest BCUT2D eigenvalue weighted by molar-refractivity contribution is 7.85. The van der Waals surface area contributed by atoms with Crippen molar-refractivity contribution in [3.8, 4) is 0 Å². The molecule has 1 aromatic heterocycles. The van der Waals surface area contributed by atoms with Crippen LogP contribution < -0.4 is 5.32 Å². The second-order valence-electron chi connectivity index (χ2n) is 3.82. The van der Waals surface area contributed by atoms with E-state index in [4.69, 9.17) is 0 Å². The van der Waals surface area contributed by atoms with Crippen molar-refractivity contribution in [2.24, 2.45) is 0 Å². The summed E-state index contributed by atoms with van der Waals surface area (Å²) in [4.78, 5) is 0. The Morgan fingerprint density at radius 3 is 3.00 bits per heavy atom. The molecular formula is C10H15N3OS. The first-order chi connectivity index (χ1) is 7.25. The van der Waals surface area contributed by atoms with E-state index in [-0.39, 0.29) is 0 Å². The average Bonchev–Trinajstić information content (AvgIpc) is 2.71. The van der Waals surface area contributed by atoms with Gasteiger partial charge in [0.25, 0.3) is 0 Å². The fourth-order valence-corrected chi connectivity index (χ4v) is 2.85. The average molecular weight is 225 g/mol. The minimum absolute atomic E-state index is 0.383. The highest BCUT2D eigenvalue weighted by Crippen LogP contribution is 2.10. The van der Waals surface area contributed by atoms with Crippen molar-refractivity contribution in [3.63, 3.8) is 0 Å². The highest BCUT2D eigenvalue weighted by Gasteiger charge is 2.18. The van der Waals surface area contributed by atoms with E-state index in [1.165, 1.54) is 6.42 Å². The number of aromatic nitrogens is 2. The van der Waals surface area contributed by atoms with Gasteiger partial charge >= 0.3 is 0 Å². The van der Waals surface area contributed by atoms with Gasteiger partial charge in [-0.05, 0) is 38.4 Å². The summed E-state index contributed by atoms with van der Waals surface area (Å²) in [6.45, 7) is 2.92. The lowest BCUT2D eigenvalue weighted by Gasteiger charge is -2.08. The Labute approximate surface area is 91.9 Å². The summed E-state index contributed by atoms with van der Waals surface area (Å²) in [5.74, 6) is 0.651. The maximum Gasteiger partial charge on any atom is 0.149 e. The van der Waals surface area contributed by atoms with Crippen molar-refractivity contribution in [1.29, 1.82) is 0 Å². The predicted molar refractivity (Wildman–Crippen MR) is 59.1 cm³/mol. The number of hydrogen-bond donors (Lipinski definition) is 1. The Kier molecular flexibility index (Phi) is 3.43. The van der Waals surface area contributed by atoms with Gasteiger partial charge in [-0.3, -0.25) is 4.21 Å². The molecule has 2 unspecified atom stereocenters. The first-order valence-electron chi connectivity index (χ1n) is 5.18. The van der Waals surface area contributed by atoms with Gasteiger partial charge in [0.05, 0.1) is 16.5 Å². The number of rotatable bonds is 3. The van der Waals surface area contributed by atoms with Crippen LogP contribution in [0.5, 0.6) is 0 Å². The van der Waals surface area contributed by atoms with Gasteiger partial charge in [-0.1, -0.05) is 0 Å². The van der Waals surface area contributed by atoms with Crippen LogP contribution in [0.2, 0.25) is 0 Å². The summed E-state index contributed by atoms with van der Waals surface area (Å²) in [6.07, 6.45) is 2.30. The van der Waals surface area contributed by atoms with E-state index >= 15 is 0 Å². The Hall–Kier alpha value is -0.810. The Morgan fingerprint density at radius 1 is 1.53 bits per heavy atom. The van der Waals surface area contributed by atoms with Gasteiger partial charge in [0, 0.05) is 11.8 Å². The van der Waals surface area contributed by atoms with Gasteiger partial charge in [0.1, 0.15) is 5.03 Å². The van der Waals surface area contributed by atoms with E-state index in [1.807, 2.05) is 13.0 Å². The van der Waals surface area contributed by atoms with Crippen molar-refractivity contribution in [2.45, 2.75) is 30.8 Å². The summed E-state index contributed by atoms with van der Waals surface area (Å²) in [6, 6.07) is 4.03. The van der Waals surface area contributed by atoms with Crippen LogP contribution >= 0.6 is 0 Å². The lowest BCUT2D eigenvalue weighted by atomic mass is 10.3. The fourth-order valence-electron chi connectivity index (χ4n) is 1.68. The van der Waals surface area contributed by atoms with Gasteiger partial charge in [0.15, 0.2) is 0 Å². The number of nitrogens with zero attached hydrogens (tertiary/aromatic N) is 2. The molecule has 0 aliphatic carbocycles. The first kappa shape index (κ1) is 10.7. The van der Waals surface area contributed by atoms with Crippen LogP contribution in [0.1, 0.15) is 18.5 Å². The van der Waals surface area contributed by atoms with E-state index in [0.717, 1.165) is 18.7 Å². The topological polar surface area (TPSA) is 54.9 Å². The van der Waals surface area contributed by atoms with Crippen LogP contribution in [0.15, 0.2) is 17.2 Å². The van der Waals surface area contributed by atoms with E-state index in [9.17, 15) is 4.21 Å². The van der Waals surface area contributed by atoms with Crippen LogP contribution in [0, 0.1) is 6.92 Å². The lowest BCUT2D eigenvalue weighted by molar-refractivity contribution is 0.639. The maximum absolute atomic E-state index is 11.9. The molecule has 15 heavy (non-hydrogen) atoms. The van der Waals surface area contributed by atoms with Crippen molar-refractivity contribution >= 4 is 10.8 Å². The van der Waals surface area contributed by atoms with Gasteiger partial charge < -0.3 is 5.32 Å². The summed E-state index contributed by atoms with van der Waals surface area (Å²) < 4.78 is 11.9. The molecule has 5 heteroatoms. The second kappa shape index (κ2) is 4.81. The zero-order valence-corrected chi connectivity index (χ0v) is 9.59. The van der Waals surface area contributed by atoms with Gasteiger partial charge in [-0.15, -0.1) is 5.10 Å². The first-order valence-corrected chi connectivity index (χ1v) is 6.50. The van der Waals surface area contributed by atoms with Gasteiger partial charge in [-0.2, -0.15) is 5.10 Å². The van der Waals surface area contributed by atoms with E-state index in [2.05, 4.69) is 15.5 Å². The standard InChI is InChI=1S/C10H15N3OS/c1-8-4-5-10(13-12-8)15(14)7-9-3-2-6-11-9/h4-5,9,11H,2-3,6-7H2,1H3. The number of aryl methyl sites for hydroxylation is 1. The van der Waals surface area contributed by atoms with Crippen LogP contribution in [0.3, 0.4) is 0 Å². The minimum Gasteiger partial charge on any atom is -0.313 e. The molecule has 4 nitrogen and oxygen atoms in total. The molecule has 2 heterocycles. The van der Waals surface area contributed by atoms with Crippen molar-refractivity contribution in [2.75, 3.05) is 12.3 Å². The fraction of sp³-hybridized carbons (Fsp3) is 0.600. The molecule has 0 spiro atoms. The zero-order chi connectivity index (χ0) is 10.7. The zero-order valence-electron chi connectivity index (χ0n) is 8.77. The second-order valence-corrected chi connectivity index (χ2v) is 5.26. The molecular weight excluding hydrogens is 210 g/mol. The quantitative estimate of drug-likeness (QED) is 0.820. The summed E-state index contributed by atoms with van der Waals surface area (Å²) in [5.41, 5.74) is 0.856. The smallest absolute Gasteiger partial charge is 0.149 e. The van der Waals surface area contributed by atoms with Crippen LogP contribution in [0.25, 0.3) is 0 Å². The molecule has 82 valence electrons. The molecule has 0 bridgehead atoms. The molecule has 1 aromatic rings. The highest BCUT2D eigenvalue weighted by atomic mass is 32.2. The number of nitrogens with one attached hydrogen (secondary N) is 1. The third-order valence-corrected chi connectivity index (χ3v) is 3.91. The molecule has 0 amide bonds. The lowest BCUT2D eigenvalue weighted by Crippen LogP contribution is -2.27. The predicted octanol–water partition coefficient (Wildman–Crippen LogP) is 0.645.